The number of pyridine rings is 1. The van der Waals surface area contributed by atoms with Crippen LogP contribution >= 0.6 is 0 Å². The highest BCUT2D eigenvalue weighted by Gasteiger charge is 1.85. The second-order valence-corrected chi connectivity index (χ2v) is 2.04. The summed E-state index contributed by atoms with van der Waals surface area (Å²) in [4.78, 5) is 3.78. The van der Waals surface area contributed by atoms with Crippen molar-refractivity contribution in [1.82, 2.24) is 4.98 Å². The van der Waals surface area contributed by atoms with Crippen molar-refractivity contribution in [3.63, 3.8) is 0 Å². The third kappa shape index (κ3) is 4.33. The number of aromatic nitrogens is 1. The zero-order valence-electron chi connectivity index (χ0n) is 6.72. The normalized spacial score (nSPS) is 13.3. The number of hydrogen-bond donors (Lipinski definition) is 0. The van der Waals surface area contributed by atoms with E-state index < -0.39 is 0 Å². The minimum atomic E-state index is 0.691. The summed E-state index contributed by atoms with van der Waals surface area (Å²) in [5, 5.41) is 0. The van der Waals surface area contributed by atoms with Crippen LogP contribution in [0, 0.1) is 0 Å². The van der Waals surface area contributed by atoms with Gasteiger partial charge in [0.2, 0.25) is 0 Å². The fourth-order valence-corrected chi connectivity index (χ4v) is 0.623. The van der Waals surface area contributed by atoms with E-state index in [9.17, 15) is 0 Å². The molecule has 3 nitrogen and oxygen atoms in total. The number of hydrogen-bond acceptors (Lipinski definition) is 3. The maximum atomic E-state index is 4.76. The van der Waals surface area contributed by atoms with Crippen molar-refractivity contribution < 1.29 is 9.47 Å². The van der Waals surface area contributed by atoms with Gasteiger partial charge in [-0.2, -0.15) is 0 Å². The van der Waals surface area contributed by atoms with Crippen LogP contribution in [0.3, 0.4) is 0 Å². The Hall–Kier alpha value is -1.51. The predicted octanol–water partition coefficient (Wildman–Crippen LogP) is 1.59. The summed E-state index contributed by atoms with van der Waals surface area (Å²) in [5.41, 5.74) is 0. The van der Waals surface area contributed by atoms with Crippen molar-refractivity contribution in [2.24, 2.45) is 0 Å². The highest BCUT2D eigenvalue weighted by Crippen LogP contribution is 1.87. The first-order valence-corrected chi connectivity index (χ1v) is 3.73. The minimum Gasteiger partial charge on any atom is -0.494 e. The molecule has 0 aromatic carbocycles. The topological polar surface area (TPSA) is 31.4 Å². The Labute approximate surface area is 71.6 Å². The fraction of sp³-hybridized carbons (Fsp3) is 0.222. The van der Waals surface area contributed by atoms with Crippen molar-refractivity contribution >= 4 is 0 Å². The van der Waals surface area contributed by atoms with Crippen LogP contribution in [0.4, 0.5) is 0 Å². The lowest BCUT2D eigenvalue weighted by molar-refractivity contribution is 0.108. The molecule has 0 N–H and O–H groups in total. The average molecular weight is 165 g/mol. The molecule has 3 heteroatoms. The molecule has 1 aliphatic heterocycles. The van der Waals surface area contributed by atoms with E-state index >= 15 is 0 Å². The molecule has 1 aromatic rings. The lowest BCUT2D eigenvalue weighted by Gasteiger charge is -2.04. The molecule has 0 bridgehead atoms. The smallest absolute Gasteiger partial charge is 0.121 e. The zero-order chi connectivity index (χ0) is 8.49. The van der Waals surface area contributed by atoms with Gasteiger partial charge in [0.15, 0.2) is 0 Å². The third-order valence-electron chi connectivity index (χ3n) is 1.13. The van der Waals surface area contributed by atoms with E-state index in [0.29, 0.717) is 13.2 Å². The monoisotopic (exact) mass is 165 g/mol. The van der Waals surface area contributed by atoms with Crippen LogP contribution in [0.15, 0.2) is 43.1 Å². The van der Waals surface area contributed by atoms with Crippen molar-refractivity contribution in [2.75, 3.05) is 13.2 Å². The standard InChI is InChI=1S/C5H5N.C4H6O2/c1-2-4-6-5-3-1;1-2-6-4-3-5-1/h1-5H;1-2H,3-4H2. The predicted molar refractivity (Wildman–Crippen MR) is 45.3 cm³/mol. The molecule has 2 heterocycles. The van der Waals surface area contributed by atoms with E-state index in [-0.39, 0.29) is 0 Å². The Morgan fingerprint density at radius 2 is 1.42 bits per heavy atom. The molecule has 0 saturated heterocycles. The second-order valence-electron chi connectivity index (χ2n) is 2.04. The van der Waals surface area contributed by atoms with Crippen LogP contribution in [-0.2, 0) is 9.47 Å². The molecular formula is C9H11NO2. The first-order valence-electron chi connectivity index (χ1n) is 3.73. The second kappa shape index (κ2) is 6.22. The number of rotatable bonds is 0. The lowest BCUT2D eigenvalue weighted by Crippen LogP contribution is -2.00. The first kappa shape index (κ1) is 8.59. The van der Waals surface area contributed by atoms with Gasteiger partial charge in [-0.25, -0.2) is 0 Å². The number of ether oxygens (including phenoxy) is 2. The lowest BCUT2D eigenvalue weighted by atomic mass is 10.5. The van der Waals surface area contributed by atoms with Gasteiger partial charge in [-0.05, 0) is 12.1 Å². The summed E-state index contributed by atoms with van der Waals surface area (Å²) < 4.78 is 9.53. The van der Waals surface area contributed by atoms with Crippen LogP contribution in [-0.4, -0.2) is 18.2 Å². The van der Waals surface area contributed by atoms with Crippen LogP contribution in [0.25, 0.3) is 0 Å². The molecule has 64 valence electrons. The largest absolute Gasteiger partial charge is 0.494 e. The Bertz CT molecular complexity index is 176. The Morgan fingerprint density at radius 3 is 1.58 bits per heavy atom. The van der Waals surface area contributed by atoms with E-state index in [1.807, 2.05) is 18.2 Å². The molecule has 0 atom stereocenters. The van der Waals surface area contributed by atoms with Crippen molar-refractivity contribution in [3.05, 3.63) is 43.1 Å². The molecule has 1 aromatic heterocycles. The molecule has 0 saturated carbocycles. The average Bonchev–Trinajstić information content (AvgIpc) is 2.24. The van der Waals surface area contributed by atoms with Crippen molar-refractivity contribution in [1.29, 1.82) is 0 Å². The zero-order valence-corrected chi connectivity index (χ0v) is 6.72. The molecule has 0 radical (unpaired) electrons. The summed E-state index contributed by atoms with van der Waals surface area (Å²) in [6.07, 6.45) is 6.59. The van der Waals surface area contributed by atoms with Crippen molar-refractivity contribution in [3.8, 4) is 0 Å². The molecule has 1 aliphatic rings. The van der Waals surface area contributed by atoms with Gasteiger partial charge in [-0.15, -0.1) is 0 Å². The van der Waals surface area contributed by atoms with Crippen LogP contribution in [0.2, 0.25) is 0 Å². The Kier molecular flexibility index (Phi) is 4.45. The summed E-state index contributed by atoms with van der Waals surface area (Å²) in [5.74, 6) is 0. The molecule has 0 aliphatic carbocycles. The summed E-state index contributed by atoms with van der Waals surface area (Å²) in [6.45, 7) is 1.38. The van der Waals surface area contributed by atoms with Crippen LogP contribution < -0.4 is 0 Å². The van der Waals surface area contributed by atoms with Gasteiger partial charge in [0.1, 0.15) is 25.7 Å². The van der Waals surface area contributed by atoms with Gasteiger partial charge >= 0.3 is 0 Å². The summed E-state index contributed by atoms with van der Waals surface area (Å²) >= 11 is 0. The SMILES string of the molecule is C1=COCCO1.c1ccncc1. The maximum absolute atomic E-state index is 4.76. The summed E-state index contributed by atoms with van der Waals surface area (Å²) in [6, 6.07) is 5.72. The highest BCUT2D eigenvalue weighted by atomic mass is 16.5. The molecular weight excluding hydrogens is 154 g/mol. The molecule has 0 fully saturated rings. The van der Waals surface area contributed by atoms with Gasteiger partial charge < -0.3 is 9.47 Å². The third-order valence-corrected chi connectivity index (χ3v) is 1.13. The molecule has 0 spiro atoms. The van der Waals surface area contributed by atoms with Crippen LogP contribution in [0.5, 0.6) is 0 Å². The first-order chi connectivity index (χ1) is 6.00. The van der Waals surface area contributed by atoms with E-state index in [4.69, 9.17) is 9.47 Å². The summed E-state index contributed by atoms with van der Waals surface area (Å²) in [7, 11) is 0. The maximum Gasteiger partial charge on any atom is 0.121 e. The minimum absolute atomic E-state index is 0.691. The number of nitrogens with zero attached hydrogens (tertiary/aromatic N) is 1. The van der Waals surface area contributed by atoms with Gasteiger partial charge in [0.25, 0.3) is 0 Å². The quantitative estimate of drug-likeness (QED) is 0.585. The van der Waals surface area contributed by atoms with Crippen molar-refractivity contribution in [2.45, 2.75) is 0 Å². The van der Waals surface area contributed by atoms with E-state index in [0.717, 1.165) is 0 Å². The molecule has 0 unspecified atom stereocenters. The molecule has 2 rings (SSSR count). The van der Waals surface area contributed by atoms with E-state index in [1.54, 1.807) is 24.9 Å². The molecule has 0 amide bonds. The molecule has 12 heavy (non-hydrogen) atoms. The van der Waals surface area contributed by atoms with E-state index in [1.165, 1.54) is 0 Å². The van der Waals surface area contributed by atoms with Gasteiger partial charge in [-0.3, -0.25) is 4.98 Å². The van der Waals surface area contributed by atoms with Gasteiger partial charge in [0.05, 0.1) is 0 Å². The Morgan fingerprint density at radius 1 is 0.833 bits per heavy atom. The highest BCUT2D eigenvalue weighted by molar-refractivity contribution is 4.88. The fourth-order valence-electron chi connectivity index (χ4n) is 0.623. The van der Waals surface area contributed by atoms with E-state index in [2.05, 4.69) is 4.98 Å². The van der Waals surface area contributed by atoms with Gasteiger partial charge in [0, 0.05) is 12.4 Å². The van der Waals surface area contributed by atoms with Crippen LogP contribution in [0.1, 0.15) is 0 Å². The van der Waals surface area contributed by atoms with Gasteiger partial charge in [-0.1, -0.05) is 6.07 Å². The Balaban J connectivity index is 0.000000120.